The number of anilines is 1. The first-order valence-electron chi connectivity index (χ1n) is 5.62. The highest BCUT2D eigenvalue weighted by atomic mass is 79.9. The largest absolute Gasteiger partial charge is 0.451 e. The van der Waals surface area contributed by atoms with E-state index in [9.17, 15) is 4.79 Å². The van der Waals surface area contributed by atoms with E-state index in [-0.39, 0.29) is 5.69 Å². The molecule has 104 valence electrons. The third-order valence-corrected chi connectivity index (χ3v) is 5.12. The van der Waals surface area contributed by atoms with Gasteiger partial charge in [0.25, 0.3) is 0 Å². The van der Waals surface area contributed by atoms with Crippen LogP contribution in [-0.2, 0) is 6.54 Å². The number of furan rings is 1. The number of nitrogens with one attached hydrogen (secondary N) is 3. The minimum absolute atomic E-state index is 0.219. The van der Waals surface area contributed by atoms with Gasteiger partial charge in [-0.15, -0.1) is 0 Å². The molecule has 3 rings (SSSR count). The first kappa shape index (κ1) is 14.0. The summed E-state index contributed by atoms with van der Waals surface area (Å²) in [5, 5.41) is 3.25. The fourth-order valence-electron chi connectivity index (χ4n) is 1.85. The molecule has 0 saturated heterocycles. The minimum Gasteiger partial charge on any atom is -0.451 e. The highest BCUT2D eigenvalue weighted by Crippen LogP contribution is 2.29. The van der Waals surface area contributed by atoms with Crippen LogP contribution in [0.25, 0.3) is 11.0 Å². The zero-order valence-electron chi connectivity index (χ0n) is 9.89. The Hall–Kier alpha value is -0.990. The van der Waals surface area contributed by atoms with E-state index in [4.69, 9.17) is 4.42 Å². The SMILES string of the molecule is O=c1[nH]c2cc(Br)c(NCc3cc(Br)c(Br)o3)cc2[nH]1. The summed E-state index contributed by atoms with van der Waals surface area (Å²) in [5.74, 6) is 0.790. The van der Waals surface area contributed by atoms with Gasteiger partial charge in [-0.2, -0.15) is 0 Å². The molecule has 2 aromatic heterocycles. The molecule has 0 atom stereocenters. The van der Waals surface area contributed by atoms with Crippen molar-refractivity contribution < 1.29 is 4.42 Å². The van der Waals surface area contributed by atoms with E-state index in [1.165, 1.54) is 0 Å². The standard InChI is InChI=1S/C12H8Br3N3O2/c13-6-2-9-10(18-12(19)17-9)3-8(6)16-4-5-1-7(14)11(15)20-5/h1-3,16H,4H2,(H2,17,18,19). The number of aromatic amines is 2. The number of H-pyrrole nitrogens is 2. The van der Waals surface area contributed by atoms with Crippen LogP contribution in [-0.4, -0.2) is 9.97 Å². The molecule has 20 heavy (non-hydrogen) atoms. The lowest BCUT2D eigenvalue weighted by Crippen LogP contribution is -1.99. The zero-order valence-corrected chi connectivity index (χ0v) is 14.6. The van der Waals surface area contributed by atoms with E-state index in [2.05, 4.69) is 63.1 Å². The quantitative estimate of drug-likeness (QED) is 0.538. The van der Waals surface area contributed by atoms with Crippen LogP contribution in [0.3, 0.4) is 0 Å². The lowest BCUT2D eigenvalue weighted by Gasteiger charge is -2.07. The van der Waals surface area contributed by atoms with E-state index < -0.39 is 0 Å². The van der Waals surface area contributed by atoms with Gasteiger partial charge in [-0.25, -0.2) is 4.79 Å². The highest BCUT2D eigenvalue weighted by molar-refractivity contribution is 9.13. The Morgan fingerprint density at radius 2 is 1.75 bits per heavy atom. The normalized spacial score (nSPS) is 11.2. The van der Waals surface area contributed by atoms with Crippen molar-refractivity contribution in [3.63, 3.8) is 0 Å². The van der Waals surface area contributed by atoms with E-state index >= 15 is 0 Å². The van der Waals surface area contributed by atoms with Crippen molar-refractivity contribution >= 4 is 64.5 Å². The number of aromatic nitrogens is 2. The number of hydrogen-bond acceptors (Lipinski definition) is 3. The van der Waals surface area contributed by atoms with Crippen molar-refractivity contribution in [1.82, 2.24) is 9.97 Å². The van der Waals surface area contributed by atoms with Gasteiger partial charge >= 0.3 is 5.69 Å². The summed E-state index contributed by atoms with van der Waals surface area (Å²) < 4.78 is 7.90. The second-order valence-electron chi connectivity index (χ2n) is 4.14. The lowest BCUT2D eigenvalue weighted by atomic mass is 10.2. The van der Waals surface area contributed by atoms with Crippen molar-refractivity contribution in [3.8, 4) is 0 Å². The molecule has 0 aliphatic heterocycles. The Kier molecular flexibility index (Phi) is 3.78. The van der Waals surface area contributed by atoms with Crippen LogP contribution in [0.4, 0.5) is 5.69 Å². The summed E-state index contributed by atoms with van der Waals surface area (Å²) in [5.41, 5.74) is 2.16. The molecular weight excluding hydrogens is 458 g/mol. The molecule has 0 aliphatic rings. The lowest BCUT2D eigenvalue weighted by molar-refractivity contribution is 0.494. The number of benzene rings is 1. The van der Waals surface area contributed by atoms with Gasteiger partial charge in [0.05, 0.1) is 27.7 Å². The van der Waals surface area contributed by atoms with Gasteiger partial charge in [0.1, 0.15) is 5.76 Å². The predicted octanol–water partition coefficient (Wildman–Crippen LogP) is 4.35. The van der Waals surface area contributed by atoms with E-state index in [0.717, 1.165) is 31.4 Å². The first-order chi connectivity index (χ1) is 9.52. The van der Waals surface area contributed by atoms with E-state index in [1.807, 2.05) is 18.2 Å². The van der Waals surface area contributed by atoms with Crippen LogP contribution in [0.5, 0.6) is 0 Å². The molecule has 0 unspecified atom stereocenters. The van der Waals surface area contributed by atoms with Crippen LogP contribution in [0.1, 0.15) is 5.76 Å². The van der Waals surface area contributed by atoms with Crippen LogP contribution in [0.15, 0.2) is 41.0 Å². The van der Waals surface area contributed by atoms with Crippen molar-refractivity contribution in [2.45, 2.75) is 6.54 Å². The molecule has 8 heteroatoms. The molecule has 0 bridgehead atoms. The highest BCUT2D eigenvalue weighted by Gasteiger charge is 2.08. The number of fused-ring (bicyclic) bond motifs is 1. The fraction of sp³-hybridized carbons (Fsp3) is 0.0833. The average molecular weight is 466 g/mol. The van der Waals surface area contributed by atoms with Crippen LogP contribution in [0.2, 0.25) is 0 Å². The Labute approximate surface area is 138 Å². The molecule has 0 amide bonds. The van der Waals surface area contributed by atoms with Gasteiger partial charge in [0.15, 0.2) is 4.67 Å². The van der Waals surface area contributed by atoms with Gasteiger partial charge < -0.3 is 19.7 Å². The van der Waals surface area contributed by atoms with E-state index in [1.54, 1.807) is 0 Å². The molecular formula is C12H8Br3N3O2. The monoisotopic (exact) mass is 463 g/mol. The summed E-state index contributed by atoms with van der Waals surface area (Å²) in [6.07, 6.45) is 0. The number of halogens is 3. The van der Waals surface area contributed by atoms with Crippen LogP contribution < -0.4 is 11.0 Å². The Bertz CT molecular complexity index is 815. The minimum atomic E-state index is -0.219. The summed E-state index contributed by atoms with van der Waals surface area (Å²) in [6.45, 7) is 0.531. The van der Waals surface area contributed by atoms with Gasteiger partial charge in [-0.1, -0.05) is 0 Å². The smallest absolute Gasteiger partial charge is 0.323 e. The van der Waals surface area contributed by atoms with Gasteiger partial charge in [0.2, 0.25) is 0 Å². The second-order valence-corrected chi connectivity index (χ2v) is 6.57. The summed E-state index contributed by atoms with van der Waals surface area (Å²) >= 11 is 10.1. The second kappa shape index (κ2) is 5.42. The predicted molar refractivity (Wildman–Crippen MR) is 88.1 cm³/mol. The molecule has 0 saturated carbocycles. The third kappa shape index (κ3) is 2.72. The zero-order chi connectivity index (χ0) is 14.3. The molecule has 3 N–H and O–H groups in total. The molecule has 2 heterocycles. The molecule has 1 aromatic carbocycles. The summed E-state index contributed by atoms with van der Waals surface area (Å²) in [7, 11) is 0. The maximum atomic E-state index is 11.3. The van der Waals surface area contributed by atoms with Crippen molar-refractivity contribution in [1.29, 1.82) is 0 Å². The Balaban J connectivity index is 1.86. The van der Waals surface area contributed by atoms with Crippen molar-refractivity contribution in [3.05, 3.63) is 48.1 Å². The van der Waals surface area contributed by atoms with Crippen molar-refractivity contribution in [2.75, 3.05) is 5.32 Å². The number of imidazole rings is 1. The summed E-state index contributed by atoms with van der Waals surface area (Å²) in [4.78, 5) is 16.7. The van der Waals surface area contributed by atoms with Crippen LogP contribution >= 0.6 is 47.8 Å². The fourth-order valence-corrected chi connectivity index (χ4v) is 2.99. The summed E-state index contributed by atoms with van der Waals surface area (Å²) in [6, 6.07) is 5.61. The molecule has 0 fully saturated rings. The molecule has 0 aliphatic carbocycles. The molecule has 0 radical (unpaired) electrons. The van der Waals surface area contributed by atoms with Crippen LogP contribution in [0, 0.1) is 0 Å². The molecule has 0 spiro atoms. The topological polar surface area (TPSA) is 73.8 Å². The first-order valence-corrected chi connectivity index (χ1v) is 8.00. The Morgan fingerprint density at radius 3 is 2.40 bits per heavy atom. The number of hydrogen-bond donors (Lipinski definition) is 3. The van der Waals surface area contributed by atoms with Crippen molar-refractivity contribution in [2.24, 2.45) is 0 Å². The maximum absolute atomic E-state index is 11.3. The van der Waals surface area contributed by atoms with E-state index in [0.29, 0.717) is 11.2 Å². The molecule has 5 nitrogen and oxygen atoms in total. The Morgan fingerprint density at radius 1 is 1.05 bits per heavy atom. The maximum Gasteiger partial charge on any atom is 0.323 e. The van der Waals surface area contributed by atoms with Gasteiger partial charge in [0, 0.05) is 4.47 Å². The van der Waals surface area contributed by atoms with Gasteiger partial charge in [-0.3, -0.25) is 0 Å². The third-order valence-electron chi connectivity index (χ3n) is 2.75. The van der Waals surface area contributed by atoms with Gasteiger partial charge in [-0.05, 0) is 66.0 Å². The number of rotatable bonds is 3. The average Bonchev–Trinajstić information content (AvgIpc) is 2.89. The molecule has 3 aromatic rings.